The Hall–Kier alpha value is -3.61. The minimum absolute atomic E-state index is 0.180. The maximum absolute atomic E-state index is 11.6. The first-order valence-corrected chi connectivity index (χ1v) is 12.6. The predicted molar refractivity (Wildman–Crippen MR) is 142 cm³/mol. The highest BCUT2D eigenvalue weighted by atomic mass is 32.1. The second-order valence-corrected chi connectivity index (χ2v) is 10.2. The van der Waals surface area contributed by atoms with Gasteiger partial charge in [0.1, 0.15) is 5.01 Å². The first kappa shape index (κ1) is 22.2. The Bertz CT molecular complexity index is 1500. The molecule has 3 aromatic heterocycles. The predicted octanol–water partition coefficient (Wildman–Crippen LogP) is 6.91. The van der Waals surface area contributed by atoms with Crippen LogP contribution in [0.3, 0.4) is 0 Å². The van der Waals surface area contributed by atoms with Crippen molar-refractivity contribution < 1.29 is 4.79 Å². The molecule has 2 aromatic carbocycles. The summed E-state index contributed by atoms with van der Waals surface area (Å²) in [6.07, 6.45) is 2.00. The lowest BCUT2D eigenvalue weighted by Gasteiger charge is -2.09. The number of primary amides is 1. The molecule has 0 aliphatic heterocycles. The van der Waals surface area contributed by atoms with Crippen LogP contribution < -0.4 is 5.73 Å². The maximum atomic E-state index is 11.6. The number of carbonyl (C=O) groups excluding carboxylic acids is 1. The van der Waals surface area contributed by atoms with E-state index in [1.807, 2.05) is 36.5 Å². The van der Waals surface area contributed by atoms with Gasteiger partial charge in [0, 0.05) is 17.3 Å². The molecule has 0 atom stereocenters. The smallest absolute Gasteiger partial charge is 0.221 e. The van der Waals surface area contributed by atoms with E-state index in [-0.39, 0.29) is 12.3 Å². The second-order valence-electron chi connectivity index (χ2n) is 8.28. The number of hydrogen-bond donors (Lipinski definition) is 1. The number of aromatic nitrogens is 2. The highest BCUT2D eigenvalue weighted by Crippen LogP contribution is 2.43. The van der Waals surface area contributed by atoms with Crippen LogP contribution in [0.4, 0.5) is 0 Å². The summed E-state index contributed by atoms with van der Waals surface area (Å²) >= 11 is 3.41. The highest BCUT2D eigenvalue weighted by molar-refractivity contribution is 7.23. The molecule has 5 aromatic rings. The summed E-state index contributed by atoms with van der Waals surface area (Å²) in [5, 5.41) is 3.17. The molecule has 34 heavy (non-hydrogen) atoms. The standard InChI is InChI=1S/C28H23N3OS2/c1-17-6-5-8-20(12-17)26-27(34-28(31-26)24-13-18(2)16-33-24)21-10-11-30-23(14-21)22-9-4-3-7-19(22)15-25(29)32/h3-14,16H,15H2,1-2H3,(H2,29,32). The molecule has 3 heterocycles. The molecule has 2 N–H and O–H groups in total. The zero-order valence-electron chi connectivity index (χ0n) is 18.9. The van der Waals surface area contributed by atoms with Crippen LogP contribution in [0, 0.1) is 13.8 Å². The SMILES string of the molecule is Cc1cccc(-c2nc(-c3cc(C)cs3)sc2-c2ccnc(-c3ccccc3CC(N)=O)c2)c1. The lowest BCUT2D eigenvalue weighted by molar-refractivity contribution is -0.117. The van der Waals surface area contributed by atoms with Crippen molar-refractivity contribution in [3.63, 3.8) is 0 Å². The van der Waals surface area contributed by atoms with Gasteiger partial charge in [-0.15, -0.1) is 22.7 Å². The van der Waals surface area contributed by atoms with Gasteiger partial charge < -0.3 is 5.73 Å². The normalized spacial score (nSPS) is 11.0. The number of thiazole rings is 1. The second kappa shape index (κ2) is 9.33. The number of benzene rings is 2. The minimum atomic E-state index is -0.358. The van der Waals surface area contributed by atoms with Crippen molar-refractivity contribution in [3.05, 3.63) is 95.0 Å². The van der Waals surface area contributed by atoms with Crippen molar-refractivity contribution in [2.24, 2.45) is 5.73 Å². The van der Waals surface area contributed by atoms with E-state index in [0.717, 1.165) is 43.5 Å². The third-order valence-electron chi connectivity index (χ3n) is 5.54. The van der Waals surface area contributed by atoms with Gasteiger partial charge in [0.2, 0.25) is 5.91 Å². The van der Waals surface area contributed by atoms with Crippen LogP contribution in [0.25, 0.3) is 42.8 Å². The summed E-state index contributed by atoms with van der Waals surface area (Å²) < 4.78 is 0. The van der Waals surface area contributed by atoms with E-state index in [1.54, 1.807) is 22.7 Å². The molecule has 168 valence electrons. The summed E-state index contributed by atoms with van der Waals surface area (Å²) in [6.45, 7) is 4.20. The number of carbonyl (C=O) groups is 1. The van der Waals surface area contributed by atoms with Crippen molar-refractivity contribution in [2.45, 2.75) is 20.3 Å². The van der Waals surface area contributed by atoms with Gasteiger partial charge in [-0.1, -0.05) is 48.0 Å². The molecule has 0 aliphatic rings. The van der Waals surface area contributed by atoms with Crippen LogP contribution in [-0.4, -0.2) is 15.9 Å². The summed E-state index contributed by atoms with van der Waals surface area (Å²) in [4.78, 5) is 23.6. The first-order chi connectivity index (χ1) is 16.5. The van der Waals surface area contributed by atoms with Crippen molar-refractivity contribution in [1.82, 2.24) is 9.97 Å². The molecular weight excluding hydrogens is 458 g/mol. The molecule has 0 aliphatic carbocycles. The third kappa shape index (κ3) is 4.55. The van der Waals surface area contributed by atoms with Gasteiger partial charge in [0.05, 0.1) is 27.6 Å². The van der Waals surface area contributed by atoms with E-state index in [1.165, 1.54) is 16.0 Å². The van der Waals surface area contributed by atoms with Crippen LogP contribution in [-0.2, 0) is 11.2 Å². The van der Waals surface area contributed by atoms with E-state index in [2.05, 4.69) is 60.6 Å². The Balaban J connectivity index is 1.66. The number of rotatable bonds is 6. The van der Waals surface area contributed by atoms with E-state index < -0.39 is 0 Å². The zero-order chi connectivity index (χ0) is 23.7. The summed E-state index contributed by atoms with van der Waals surface area (Å²) in [5.74, 6) is -0.358. The fraction of sp³-hybridized carbons (Fsp3) is 0.107. The van der Waals surface area contributed by atoms with Crippen molar-refractivity contribution >= 4 is 28.6 Å². The molecule has 0 fully saturated rings. The average molecular weight is 482 g/mol. The Labute approximate surface area is 206 Å². The van der Waals surface area contributed by atoms with Gasteiger partial charge in [-0.2, -0.15) is 0 Å². The van der Waals surface area contributed by atoms with Crippen LogP contribution in [0.1, 0.15) is 16.7 Å². The summed E-state index contributed by atoms with van der Waals surface area (Å²) in [6, 6.07) is 22.5. The van der Waals surface area contributed by atoms with Crippen molar-refractivity contribution in [1.29, 1.82) is 0 Å². The number of hydrogen-bond acceptors (Lipinski definition) is 5. The fourth-order valence-electron chi connectivity index (χ4n) is 3.98. The van der Waals surface area contributed by atoms with Crippen LogP contribution in [0.5, 0.6) is 0 Å². The molecule has 0 saturated carbocycles. The molecule has 5 rings (SSSR count). The summed E-state index contributed by atoms with van der Waals surface area (Å²) in [7, 11) is 0. The molecule has 0 saturated heterocycles. The minimum Gasteiger partial charge on any atom is -0.369 e. The quantitative estimate of drug-likeness (QED) is 0.286. The zero-order valence-corrected chi connectivity index (χ0v) is 20.5. The van der Waals surface area contributed by atoms with Crippen LogP contribution >= 0.6 is 22.7 Å². The number of amides is 1. The monoisotopic (exact) mass is 481 g/mol. The largest absolute Gasteiger partial charge is 0.369 e. The van der Waals surface area contributed by atoms with E-state index in [9.17, 15) is 4.79 Å². The van der Waals surface area contributed by atoms with Crippen LogP contribution in [0.2, 0.25) is 0 Å². The molecular formula is C28H23N3OS2. The number of thiophene rings is 1. The molecule has 0 spiro atoms. The van der Waals surface area contributed by atoms with Crippen LogP contribution in [0.15, 0.2) is 78.3 Å². The molecule has 0 radical (unpaired) electrons. The van der Waals surface area contributed by atoms with Gasteiger partial charge in [-0.25, -0.2) is 4.98 Å². The van der Waals surface area contributed by atoms with E-state index in [4.69, 9.17) is 10.7 Å². The number of aryl methyl sites for hydroxylation is 2. The lowest BCUT2D eigenvalue weighted by atomic mass is 9.99. The lowest BCUT2D eigenvalue weighted by Crippen LogP contribution is -2.14. The Kier molecular flexibility index (Phi) is 6.09. The Morgan fingerprint density at radius 1 is 0.941 bits per heavy atom. The summed E-state index contributed by atoms with van der Waals surface area (Å²) in [5.41, 5.74) is 13.6. The van der Waals surface area contributed by atoms with Gasteiger partial charge in [-0.05, 0) is 60.2 Å². The topological polar surface area (TPSA) is 68.9 Å². The molecule has 6 heteroatoms. The number of nitrogens with two attached hydrogens (primary N) is 1. The van der Waals surface area contributed by atoms with Crippen molar-refractivity contribution in [2.75, 3.05) is 0 Å². The third-order valence-corrected chi connectivity index (χ3v) is 7.86. The number of nitrogens with zero attached hydrogens (tertiary/aromatic N) is 2. The molecule has 1 amide bonds. The average Bonchev–Trinajstić information content (AvgIpc) is 3.46. The molecule has 0 bridgehead atoms. The Morgan fingerprint density at radius 3 is 2.56 bits per heavy atom. The van der Waals surface area contributed by atoms with E-state index >= 15 is 0 Å². The maximum Gasteiger partial charge on any atom is 0.221 e. The first-order valence-electron chi connectivity index (χ1n) is 10.9. The van der Waals surface area contributed by atoms with E-state index in [0.29, 0.717) is 0 Å². The fourth-order valence-corrected chi connectivity index (χ4v) is 6.03. The number of pyridine rings is 1. The van der Waals surface area contributed by atoms with Gasteiger partial charge >= 0.3 is 0 Å². The Morgan fingerprint density at radius 2 is 1.79 bits per heavy atom. The van der Waals surface area contributed by atoms with Gasteiger partial charge in [-0.3, -0.25) is 9.78 Å². The van der Waals surface area contributed by atoms with Gasteiger partial charge in [0.15, 0.2) is 0 Å². The molecule has 4 nitrogen and oxygen atoms in total. The van der Waals surface area contributed by atoms with Gasteiger partial charge in [0.25, 0.3) is 0 Å². The molecule has 0 unspecified atom stereocenters. The highest BCUT2D eigenvalue weighted by Gasteiger charge is 2.18. The van der Waals surface area contributed by atoms with Crippen molar-refractivity contribution in [3.8, 4) is 42.8 Å².